The summed E-state index contributed by atoms with van der Waals surface area (Å²) in [6, 6.07) is 5.21. The number of rotatable bonds is 4. The van der Waals surface area contributed by atoms with Crippen LogP contribution in [0.3, 0.4) is 0 Å². The topological polar surface area (TPSA) is 62.3 Å². The van der Waals surface area contributed by atoms with Crippen molar-refractivity contribution in [1.29, 1.82) is 0 Å². The smallest absolute Gasteiger partial charge is 0.363 e. The van der Waals surface area contributed by atoms with Crippen LogP contribution in [0, 0.1) is 5.82 Å². The standard InChI is InChI=1S/C14H13F4N3O2S/c1-21(2)13-6-4-10(8-19-13)20-11-5-3-9(15)7-12(11)24(22,23)14(16,17)18/h3-8,20H,1-2H3. The van der Waals surface area contributed by atoms with Gasteiger partial charge in [0.1, 0.15) is 16.5 Å². The molecule has 5 nitrogen and oxygen atoms in total. The molecule has 0 aliphatic heterocycles. The van der Waals surface area contributed by atoms with Gasteiger partial charge in [-0.2, -0.15) is 13.2 Å². The minimum atomic E-state index is -5.70. The predicted molar refractivity (Wildman–Crippen MR) is 81.5 cm³/mol. The molecule has 1 aromatic heterocycles. The van der Waals surface area contributed by atoms with E-state index in [4.69, 9.17) is 0 Å². The van der Waals surface area contributed by atoms with Crippen molar-refractivity contribution in [2.45, 2.75) is 10.4 Å². The number of sulfone groups is 1. The van der Waals surface area contributed by atoms with Gasteiger partial charge in [0.2, 0.25) is 0 Å². The molecule has 0 atom stereocenters. The summed E-state index contributed by atoms with van der Waals surface area (Å²) in [4.78, 5) is 4.57. The lowest BCUT2D eigenvalue weighted by atomic mass is 10.3. The number of anilines is 3. The van der Waals surface area contributed by atoms with Crippen LogP contribution in [0.4, 0.5) is 34.8 Å². The van der Waals surface area contributed by atoms with Crippen molar-refractivity contribution in [3.05, 3.63) is 42.3 Å². The third kappa shape index (κ3) is 3.58. The van der Waals surface area contributed by atoms with Gasteiger partial charge in [-0.25, -0.2) is 17.8 Å². The number of aromatic nitrogens is 1. The maximum atomic E-state index is 13.3. The Morgan fingerprint density at radius 2 is 1.79 bits per heavy atom. The van der Waals surface area contributed by atoms with E-state index in [9.17, 15) is 26.0 Å². The molecule has 1 heterocycles. The molecule has 1 N–H and O–H groups in total. The molecule has 2 rings (SSSR count). The fraction of sp³-hybridized carbons (Fsp3) is 0.214. The summed E-state index contributed by atoms with van der Waals surface area (Å²) in [6.45, 7) is 0. The van der Waals surface area contributed by atoms with Gasteiger partial charge in [-0.3, -0.25) is 0 Å². The Balaban J connectivity index is 2.45. The van der Waals surface area contributed by atoms with E-state index in [2.05, 4.69) is 10.3 Å². The highest BCUT2D eigenvalue weighted by Crippen LogP contribution is 2.35. The zero-order chi connectivity index (χ0) is 18.1. The number of hydrogen-bond donors (Lipinski definition) is 1. The largest absolute Gasteiger partial charge is 0.501 e. The lowest BCUT2D eigenvalue weighted by molar-refractivity contribution is -0.0435. The fourth-order valence-corrected chi connectivity index (χ4v) is 2.75. The maximum absolute atomic E-state index is 13.3. The van der Waals surface area contributed by atoms with Gasteiger partial charge in [0.15, 0.2) is 0 Å². The molecule has 0 aliphatic carbocycles. The maximum Gasteiger partial charge on any atom is 0.501 e. The van der Waals surface area contributed by atoms with E-state index < -0.39 is 31.7 Å². The Kier molecular flexibility index (Phi) is 4.70. The minimum Gasteiger partial charge on any atom is -0.363 e. The van der Waals surface area contributed by atoms with Crippen LogP contribution in [0.25, 0.3) is 0 Å². The molecule has 0 aliphatic rings. The number of nitrogens with zero attached hydrogens (tertiary/aromatic N) is 2. The summed E-state index contributed by atoms with van der Waals surface area (Å²) in [7, 11) is -2.20. The van der Waals surface area contributed by atoms with E-state index in [-0.39, 0.29) is 5.69 Å². The molecule has 0 unspecified atom stereocenters. The Labute approximate surface area is 135 Å². The second-order valence-corrected chi connectivity index (χ2v) is 6.92. The van der Waals surface area contributed by atoms with Gasteiger partial charge in [0.05, 0.1) is 17.6 Å². The van der Waals surface area contributed by atoms with Gasteiger partial charge in [0, 0.05) is 14.1 Å². The van der Waals surface area contributed by atoms with Crippen LogP contribution < -0.4 is 10.2 Å². The molecule has 0 bridgehead atoms. The first kappa shape index (κ1) is 18.0. The van der Waals surface area contributed by atoms with Crippen LogP contribution in [0.15, 0.2) is 41.4 Å². The summed E-state index contributed by atoms with van der Waals surface area (Å²) in [5.41, 5.74) is -5.68. The van der Waals surface area contributed by atoms with Gasteiger partial charge in [-0.1, -0.05) is 0 Å². The third-order valence-corrected chi connectivity index (χ3v) is 4.55. The Bertz CT molecular complexity index is 834. The number of hydrogen-bond acceptors (Lipinski definition) is 5. The van der Waals surface area contributed by atoms with Crippen LogP contribution in [-0.4, -0.2) is 33.0 Å². The molecule has 24 heavy (non-hydrogen) atoms. The lowest BCUT2D eigenvalue weighted by Crippen LogP contribution is -2.24. The van der Waals surface area contributed by atoms with E-state index in [0.29, 0.717) is 11.9 Å². The zero-order valence-corrected chi connectivity index (χ0v) is 13.4. The van der Waals surface area contributed by atoms with E-state index in [1.54, 1.807) is 25.1 Å². The van der Waals surface area contributed by atoms with Crippen molar-refractivity contribution in [1.82, 2.24) is 4.98 Å². The highest BCUT2D eigenvalue weighted by molar-refractivity contribution is 7.92. The second kappa shape index (κ2) is 6.27. The number of alkyl halides is 3. The lowest BCUT2D eigenvalue weighted by Gasteiger charge is -2.15. The molecule has 2 aromatic rings. The van der Waals surface area contributed by atoms with Gasteiger partial charge in [-0.05, 0) is 30.3 Å². The molecule has 1 aromatic carbocycles. The van der Waals surface area contributed by atoms with Gasteiger partial charge < -0.3 is 10.2 Å². The molecular weight excluding hydrogens is 350 g/mol. The minimum absolute atomic E-state index is 0.255. The summed E-state index contributed by atoms with van der Waals surface area (Å²) < 4.78 is 74.7. The highest BCUT2D eigenvalue weighted by atomic mass is 32.2. The zero-order valence-electron chi connectivity index (χ0n) is 12.6. The van der Waals surface area contributed by atoms with Crippen LogP contribution in [0.5, 0.6) is 0 Å². The summed E-state index contributed by atoms with van der Waals surface area (Å²) in [5, 5.41) is 2.52. The van der Waals surface area contributed by atoms with Crippen molar-refractivity contribution in [3.8, 4) is 0 Å². The molecule has 0 saturated heterocycles. The normalized spacial score (nSPS) is 12.1. The summed E-state index contributed by atoms with van der Waals surface area (Å²) >= 11 is 0. The number of halogens is 4. The van der Waals surface area contributed by atoms with Crippen molar-refractivity contribution < 1.29 is 26.0 Å². The predicted octanol–water partition coefficient (Wildman–Crippen LogP) is 3.32. The Morgan fingerprint density at radius 1 is 1.12 bits per heavy atom. The first-order valence-electron chi connectivity index (χ1n) is 6.53. The van der Waals surface area contributed by atoms with Crippen molar-refractivity contribution in [2.75, 3.05) is 24.3 Å². The summed E-state index contributed by atoms with van der Waals surface area (Å²) in [5.74, 6) is -0.493. The quantitative estimate of drug-likeness (QED) is 0.845. The molecule has 0 spiro atoms. The SMILES string of the molecule is CN(C)c1ccc(Nc2ccc(F)cc2S(=O)(=O)C(F)(F)F)cn1. The summed E-state index contributed by atoms with van der Waals surface area (Å²) in [6.07, 6.45) is 1.32. The van der Waals surface area contributed by atoms with E-state index in [1.807, 2.05) is 0 Å². The van der Waals surface area contributed by atoms with Crippen molar-refractivity contribution in [3.63, 3.8) is 0 Å². The first-order valence-corrected chi connectivity index (χ1v) is 8.02. The van der Waals surface area contributed by atoms with Crippen LogP contribution >= 0.6 is 0 Å². The molecule has 0 amide bonds. The average molecular weight is 363 g/mol. The monoisotopic (exact) mass is 363 g/mol. The van der Waals surface area contributed by atoms with Gasteiger partial charge in [0.25, 0.3) is 9.84 Å². The van der Waals surface area contributed by atoms with Gasteiger partial charge in [-0.15, -0.1) is 0 Å². The van der Waals surface area contributed by atoms with Crippen LogP contribution in [0.2, 0.25) is 0 Å². The van der Waals surface area contributed by atoms with E-state index >= 15 is 0 Å². The molecule has 0 saturated carbocycles. The highest BCUT2D eigenvalue weighted by Gasteiger charge is 2.48. The number of pyridine rings is 1. The van der Waals surface area contributed by atoms with E-state index in [0.717, 1.165) is 12.1 Å². The molecule has 130 valence electrons. The number of nitrogens with one attached hydrogen (secondary N) is 1. The first-order chi connectivity index (χ1) is 11.0. The number of benzene rings is 1. The fourth-order valence-electron chi connectivity index (χ4n) is 1.83. The molecule has 10 heteroatoms. The van der Waals surface area contributed by atoms with Crippen molar-refractivity contribution in [2.24, 2.45) is 0 Å². The molecule has 0 radical (unpaired) electrons. The van der Waals surface area contributed by atoms with Crippen molar-refractivity contribution >= 4 is 27.0 Å². The van der Waals surface area contributed by atoms with Crippen LogP contribution in [-0.2, 0) is 9.84 Å². The second-order valence-electron chi connectivity index (χ2n) is 5.01. The average Bonchev–Trinajstić information content (AvgIpc) is 2.48. The Morgan fingerprint density at radius 3 is 2.29 bits per heavy atom. The van der Waals surface area contributed by atoms with Gasteiger partial charge >= 0.3 is 5.51 Å². The third-order valence-electron chi connectivity index (χ3n) is 3.02. The molecular formula is C14H13F4N3O2S. The van der Waals surface area contributed by atoms with Crippen LogP contribution in [0.1, 0.15) is 0 Å². The molecule has 0 fully saturated rings. The van der Waals surface area contributed by atoms with E-state index in [1.165, 1.54) is 12.3 Å². The Hall–Kier alpha value is -2.36.